The van der Waals surface area contributed by atoms with Gasteiger partial charge < -0.3 is 28.1 Å². The van der Waals surface area contributed by atoms with Gasteiger partial charge in [-0.2, -0.15) is 0 Å². The van der Waals surface area contributed by atoms with Crippen LogP contribution in [0.5, 0.6) is 5.75 Å². The van der Waals surface area contributed by atoms with Gasteiger partial charge in [0.2, 0.25) is 11.8 Å². The Bertz CT molecular complexity index is 3820. The molecule has 7 aromatic carbocycles. The molecule has 0 radical (unpaired) electrons. The van der Waals surface area contributed by atoms with Crippen LogP contribution < -0.4 is 4.74 Å². The van der Waals surface area contributed by atoms with Gasteiger partial charge in [0.1, 0.15) is 25.6 Å². The fraction of sp³-hybridized carbons (Fsp3) is 0.250. The summed E-state index contributed by atoms with van der Waals surface area (Å²) in [5.41, 5.74) is 15.5. The fourth-order valence-corrected chi connectivity index (χ4v) is 8.66. The van der Waals surface area contributed by atoms with Crippen molar-refractivity contribution in [3.63, 3.8) is 0 Å². The Kier molecular flexibility index (Phi) is 27.2. The highest BCUT2D eigenvalue weighted by atomic mass is 16.6. The minimum absolute atomic E-state index is 0.0244. The molecule has 0 unspecified atom stereocenters. The monoisotopic (exact) mass is 1230 g/mol. The molecule has 0 aliphatic heterocycles. The van der Waals surface area contributed by atoms with Crippen LogP contribution in [0.3, 0.4) is 0 Å². The van der Waals surface area contributed by atoms with Crippen LogP contribution in [0, 0.1) is 6.92 Å². The number of unbranched alkanes of at least 4 members (excludes halogenated alkanes) is 2. The molecule has 92 heavy (non-hydrogen) atoms. The van der Waals surface area contributed by atoms with Crippen molar-refractivity contribution in [2.45, 2.75) is 106 Å². The molecule has 0 N–H and O–H groups in total. The number of benzene rings is 7. The summed E-state index contributed by atoms with van der Waals surface area (Å²) in [4.78, 5) is 45.4. The maximum Gasteiger partial charge on any atom is 0.333 e. The largest absolute Gasteiger partial charge is 0.493 e. The number of aromatic nitrogens is 2. The predicted octanol–water partition coefficient (Wildman–Crippen LogP) is 18.7. The highest BCUT2D eigenvalue weighted by molar-refractivity contribution is 5.88. The van der Waals surface area contributed by atoms with E-state index in [9.17, 15) is 19.2 Å². The molecule has 476 valence electrons. The van der Waals surface area contributed by atoms with E-state index in [4.69, 9.17) is 28.1 Å². The first-order chi connectivity index (χ1) is 43.9. The maximum absolute atomic E-state index is 11.6. The average molecular weight is 1240 g/mol. The van der Waals surface area contributed by atoms with E-state index in [2.05, 4.69) is 176 Å². The number of hydrogen-bond donors (Lipinski definition) is 0. The van der Waals surface area contributed by atoms with Gasteiger partial charge in [-0.05, 0) is 156 Å². The van der Waals surface area contributed by atoms with Gasteiger partial charge in [-0.3, -0.25) is 0 Å². The van der Waals surface area contributed by atoms with Crippen LogP contribution in [0.1, 0.15) is 132 Å². The van der Waals surface area contributed by atoms with Crippen LogP contribution in [0.2, 0.25) is 0 Å². The van der Waals surface area contributed by atoms with Crippen molar-refractivity contribution in [1.29, 1.82) is 0 Å². The predicted molar refractivity (Wildman–Crippen MR) is 372 cm³/mol. The van der Waals surface area contributed by atoms with Crippen LogP contribution in [-0.4, -0.2) is 60.5 Å². The lowest BCUT2D eigenvalue weighted by atomic mass is 9.86. The molecule has 0 bridgehead atoms. The van der Waals surface area contributed by atoms with E-state index < -0.39 is 17.9 Å². The minimum Gasteiger partial charge on any atom is -0.493 e. The van der Waals surface area contributed by atoms with Crippen molar-refractivity contribution in [2.75, 3.05) is 26.4 Å². The molecule has 12 heteroatoms. The van der Waals surface area contributed by atoms with E-state index in [1.165, 1.54) is 28.3 Å². The Balaban J connectivity index is 0.000000237. The van der Waals surface area contributed by atoms with Crippen molar-refractivity contribution in [1.82, 2.24) is 10.2 Å². The van der Waals surface area contributed by atoms with Crippen molar-refractivity contribution < 1.29 is 47.3 Å². The van der Waals surface area contributed by atoms with E-state index in [1.807, 2.05) is 97.1 Å². The third-order valence-electron chi connectivity index (χ3n) is 14.2. The van der Waals surface area contributed by atoms with E-state index in [-0.39, 0.29) is 36.6 Å². The number of rotatable bonds is 24. The zero-order chi connectivity index (χ0) is 66.6. The molecular weight excluding hydrogens is 1150 g/mol. The molecular formula is C80H86N2O10. The van der Waals surface area contributed by atoms with E-state index in [0.717, 1.165) is 75.1 Å². The van der Waals surface area contributed by atoms with Crippen LogP contribution in [0.25, 0.3) is 64.4 Å². The first-order valence-electron chi connectivity index (χ1n) is 30.7. The van der Waals surface area contributed by atoms with Crippen LogP contribution in [-0.2, 0) is 55.6 Å². The summed E-state index contributed by atoms with van der Waals surface area (Å²) >= 11 is 0. The highest BCUT2D eigenvalue weighted by Gasteiger charge is 2.16. The molecule has 8 rings (SSSR count). The fourth-order valence-electron chi connectivity index (χ4n) is 8.66. The zero-order valence-corrected chi connectivity index (χ0v) is 54.9. The van der Waals surface area contributed by atoms with Crippen molar-refractivity contribution in [3.8, 4) is 39.8 Å². The summed E-state index contributed by atoms with van der Waals surface area (Å²) in [5, 5.41) is 8.33. The maximum atomic E-state index is 11.6. The van der Waals surface area contributed by atoms with E-state index in [0.29, 0.717) is 41.7 Å². The van der Waals surface area contributed by atoms with Gasteiger partial charge in [0.05, 0.1) is 13.2 Å². The molecule has 0 aliphatic rings. The average Bonchev–Trinajstić information content (AvgIpc) is 1.46. The minimum atomic E-state index is -0.490. The number of aryl methyl sites for hydroxylation is 1. The lowest BCUT2D eigenvalue weighted by Crippen LogP contribution is -2.12. The molecule has 0 saturated heterocycles. The first-order valence-corrected chi connectivity index (χ1v) is 30.7. The van der Waals surface area contributed by atoms with Crippen LogP contribution >= 0.6 is 0 Å². The lowest BCUT2D eigenvalue weighted by molar-refractivity contribution is -0.146. The second-order valence-electron chi connectivity index (χ2n) is 24.2. The Morgan fingerprint density at radius 2 is 0.880 bits per heavy atom. The summed E-state index contributed by atoms with van der Waals surface area (Å²) in [7, 11) is 0. The van der Waals surface area contributed by atoms with E-state index >= 15 is 0 Å². The summed E-state index contributed by atoms with van der Waals surface area (Å²) in [6.45, 7) is 32.2. The number of carbonyl (C=O) groups excluding carboxylic acids is 4. The highest BCUT2D eigenvalue weighted by Crippen LogP contribution is 2.31. The quantitative estimate of drug-likeness (QED) is 0.0186. The molecule has 12 nitrogen and oxygen atoms in total. The summed E-state index contributed by atoms with van der Waals surface area (Å²) in [5.74, 6) is 0.0624. The van der Waals surface area contributed by atoms with Gasteiger partial charge in [-0.1, -0.05) is 219 Å². The normalized spacial score (nSPS) is 11.2. The molecule has 1 aromatic heterocycles. The van der Waals surface area contributed by atoms with Crippen LogP contribution in [0.15, 0.2) is 217 Å². The molecule has 0 amide bonds. The van der Waals surface area contributed by atoms with Gasteiger partial charge in [0.25, 0.3) is 0 Å². The smallest absolute Gasteiger partial charge is 0.333 e. The molecule has 0 aliphatic carbocycles. The number of esters is 4. The molecule has 0 saturated carbocycles. The SMILES string of the molecule is C=C(C)C(=O)OCCCCCOc1cc(/C=C/c2ccc(C(C)(C)C)cc2)c(C)cc1/C=C/c1ccc(C(C)(C)C)cc1.C=C(C)C(=O)OCCOC(=O)/C=C/c1ccccc1.C=C(C)C(=O)OCc1ccc(-c2nnc(-c3ccc(-c4ccccc4)cc3)o2)cc1. The van der Waals surface area contributed by atoms with Gasteiger partial charge in [-0.15, -0.1) is 10.2 Å². The van der Waals surface area contributed by atoms with Crippen LogP contribution in [0.4, 0.5) is 0 Å². The molecule has 0 spiro atoms. The molecule has 0 atom stereocenters. The summed E-state index contributed by atoms with van der Waals surface area (Å²) in [6, 6.07) is 56.9. The first kappa shape index (κ1) is 70.9. The van der Waals surface area contributed by atoms with Gasteiger partial charge in [0, 0.05) is 39.5 Å². The van der Waals surface area contributed by atoms with Gasteiger partial charge in [-0.25, -0.2) is 19.2 Å². The standard InChI is InChI=1S/C40H50O3.C25H20N2O3.C15H16O4/c1-29(2)38(41)43-26-12-10-11-25-42-37-28-33(19-13-31-15-21-35(22-16-31)39(4,5)6)30(3)27-34(37)20-14-32-17-23-36(24-18-32)40(7,8)9;1-17(2)25(28)29-16-18-8-10-21(11-9-18)23-26-27-24(30-23)22-14-12-20(13-15-22)19-6-4-3-5-7-19;1-12(2)15(17)19-11-10-18-14(16)9-8-13-6-4-3-5-7-13/h13-24,27-28H,1,10-12,25-26H2,2-9H3;3-15H,1,16H2,2H3;3-9H,1,10-11H2,2H3/b19-13+,20-14+;;9-8+. The zero-order valence-electron chi connectivity index (χ0n) is 54.9. The Hall–Kier alpha value is -10.2. The number of hydrogen-bond acceptors (Lipinski definition) is 12. The topological polar surface area (TPSA) is 153 Å². The number of ether oxygens (including phenoxy) is 5. The molecule has 8 aromatic rings. The third kappa shape index (κ3) is 24.0. The van der Waals surface area contributed by atoms with E-state index in [1.54, 1.807) is 26.8 Å². The molecule has 1 heterocycles. The second kappa shape index (κ2) is 35.3. The van der Waals surface area contributed by atoms with Gasteiger partial charge in [0.15, 0.2) is 0 Å². The lowest BCUT2D eigenvalue weighted by Gasteiger charge is -2.18. The summed E-state index contributed by atoms with van der Waals surface area (Å²) < 4.78 is 32.2. The molecule has 0 fully saturated rings. The van der Waals surface area contributed by atoms with Crippen molar-refractivity contribution >= 4 is 54.3 Å². The Labute approximate surface area is 543 Å². The second-order valence-corrected chi connectivity index (χ2v) is 24.2. The van der Waals surface area contributed by atoms with Gasteiger partial charge >= 0.3 is 23.9 Å². The number of nitrogens with zero attached hydrogens (tertiary/aromatic N) is 2. The Morgan fingerprint density at radius 3 is 1.40 bits per heavy atom. The Morgan fingerprint density at radius 1 is 0.446 bits per heavy atom. The van der Waals surface area contributed by atoms with Crippen molar-refractivity contribution in [2.24, 2.45) is 0 Å². The number of carbonyl (C=O) groups is 4. The summed E-state index contributed by atoms with van der Waals surface area (Å²) in [6.07, 6.45) is 14.2. The van der Waals surface area contributed by atoms with Crippen molar-refractivity contribution in [3.05, 3.63) is 262 Å². The third-order valence-corrected chi connectivity index (χ3v) is 14.2.